The zero-order valence-electron chi connectivity index (χ0n) is 11.5. The molecule has 1 aliphatic carbocycles. The van der Waals surface area contributed by atoms with E-state index in [0.29, 0.717) is 5.78 Å². The molecule has 1 saturated heterocycles. The van der Waals surface area contributed by atoms with E-state index in [0.717, 1.165) is 11.5 Å². The lowest BCUT2D eigenvalue weighted by molar-refractivity contribution is -0.116. The van der Waals surface area contributed by atoms with Crippen molar-refractivity contribution in [3.8, 4) is 0 Å². The topological polar surface area (TPSA) is 17.1 Å². The first-order valence-electron chi connectivity index (χ1n) is 6.60. The second-order valence-corrected chi connectivity index (χ2v) is 12.8. The molecule has 1 fully saturated rings. The van der Waals surface area contributed by atoms with E-state index in [1.165, 1.54) is 16.0 Å². The van der Waals surface area contributed by atoms with Crippen LogP contribution >= 0.6 is 23.5 Å². The molecule has 0 saturated carbocycles. The highest BCUT2D eigenvalue weighted by molar-refractivity contribution is 8.23. The minimum absolute atomic E-state index is 0.200. The van der Waals surface area contributed by atoms with Gasteiger partial charge in [-0.05, 0) is 17.7 Å². The SMILES string of the molecule is CC1=C([Si](C)(C)c2ccccc2)C(=O)C12SCCS2. The Morgan fingerprint density at radius 2 is 1.68 bits per heavy atom. The van der Waals surface area contributed by atoms with Crippen molar-refractivity contribution in [2.45, 2.75) is 24.1 Å². The van der Waals surface area contributed by atoms with Crippen molar-refractivity contribution in [2.75, 3.05) is 11.5 Å². The number of hydrogen-bond donors (Lipinski definition) is 0. The van der Waals surface area contributed by atoms with Gasteiger partial charge in [-0.1, -0.05) is 48.6 Å². The van der Waals surface area contributed by atoms with E-state index < -0.39 is 8.07 Å². The molecule has 1 heterocycles. The van der Waals surface area contributed by atoms with Gasteiger partial charge in [-0.3, -0.25) is 4.79 Å². The molecule has 0 unspecified atom stereocenters. The van der Waals surface area contributed by atoms with Gasteiger partial charge in [0.1, 0.15) is 12.2 Å². The van der Waals surface area contributed by atoms with Crippen LogP contribution in [0.2, 0.25) is 13.1 Å². The first kappa shape index (κ1) is 13.5. The number of ketones is 1. The minimum atomic E-state index is -1.81. The summed E-state index contributed by atoms with van der Waals surface area (Å²) in [4.78, 5) is 12.8. The number of benzene rings is 1. The molecule has 1 aromatic carbocycles. The second kappa shape index (κ2) is 4.54. The maximum Gasteiger partial charge on any atom is 0.185 e. The van der Waals surface area contributed by atoms with Gasteiger partial charge >= 0.3 is 0 Å². The van der Waals surface area contributed by atoms with Crippen LogP contribution < -0.4 is 5.19 Å². The van der Waals surface area contributed by atoms with Crippen molar-refractivity contribution in [3.05, 3.63) is 41.1 Å². The lowest BCUT2D eigenvalue weighted by Gasteiger charge is -2.44. The molecule has 0 bridgehead atoms. The molecule has 1 spiro atoms. The number of hydrogen-bond acceptors (Lipinski definition) is 3. The Morgan fingerprint density at radius 1 is 1.11 bits per heavy atom. The van der Waals surface area contributed by atoms with E-state index in [-0.39, 0.29) is 4.08 Å². The number of rotatable bonds is 2. The molecule has 0 N–H and O–H groups in total. The first-order valence-corrected chi connectivity index (χ1v) is 11.6. The molecule has 2 aliphatic rings. The fraction of sp³-hybridized carbons (Fsp3) is 0.400. The van der Waals surface area contributed by atoms with E-state index in [1.54, 1.807) is 0 Å². The van der Waals surface area contributed by atoms with Crippen molar-refractivity contribution in [1.29, 1.82) is 0 Å². The van der Waals surface area contributed by atoms with E-state index in [9.17, 15) is 4.79 Å². The predicted molar refractivity (Wildman–Crippen MR) is 88.9 cm³/mol. The Hall–Kier alpha value is -0.453. The third kappa shape index (κ3) is 1.80. The van der Waals surface area contributed by atoms with Crippen LogP contribution in [0.5, 0.6) is 0 Å². The van der Waals surface area contributed by atoms with Crippen molar-refractivity contribution < 1.29 is 4.79 Å². The van der Waals surface area contributed by atoms with Gasteiger partial charge in [0.25, 0.3) is 0 Å². The predicted octanol–water partition coefficient (Wildman–Crippen LogP) is 3.22. The number of carbonyl (C=O) groups is 1. The highest BCUT2D eigenvalue weighted by Crippen LogP contribution is 2.58. The van der Waals surface area contributed by atoms with Crippen LogP contribution in [-0.4, -0.2) is 29.4 Å². The maximum atomic E-state index is 12.8. The summed E-state index contributed by atoms with van der Waals surface area (Å²) in [6.45, 7) is 6.78. The third-order valence-electron chi connectivity index (χ3n) is 4.21. The van der Waals surface area contributed by atoms with Crippen LogP contribution in [0, 0.1) is 0 Å². The Bertz CT molecular complexity index is 557. The largest absolute Gasteiger partial charge is 0.292 e. The van der Waals surface area contributed by atoms with Gasteiger partial charge in [-0.2, -0.15) is 0 Å². The van der Waals surface area contributed by atoms with E-state index in [1.807, 2.05) is 29.6 Å². The molecular formula is C15H18OS2Si. The number of thioether (sulfide) groups is 2. The summed E-state index contributed by atoms with van der Waals surface area (Å²) in [6.07, 6.45) is 0. The quantitative estimate of drug-likeness (QED) is 0.781. The standard InChI is InChI=1S/C15H18OS2Si/c1-11-13(14(16)15(11)17-9-10-18-15)19(2,3)12-7-5-4-6-8-12/h4-8H,9-10H2,1-3H3. The van der Waals surface area contributed by atoms with E-state index in [2.05, 4.69) is 44.3 Å². The number of carbonyl (C=O) groups excluding carboxylic acids is 1. The molecular weight excluding hydrogens is 288 g/mol. The van der Waals surface area contributed by atoms with Crippen molar-refractivity contribution in [2.24, 2.45) is 0 Å². The van der Waals surface area contributed by atoms with Gasteiger partial charge in [-0.15, -0.1) is 23.5 Å². The Labute approximate surface area is 124 Å². The summed E-state index contributed by atoms with van der Waals surface area (Å²) >= 11 is 3.68. The van der Waals surface area contributed by atoms with Crippen LogP contribution in [-0.2, 0) is 4.79 Å². The minimum Gasteiger partial charge on any atom is -0.292 e. The van der Waals surface area contributed by atoms with Gasteiger partial charge < -0.3 is 0 Å². The Balaban J connectivity index is 2.04. The van der Waals surface area contributed by atoms with Crippen molar-refractivity contribution in [1.82, 2.24) is 0 Å². The first-order chi connectivity index (χ1) is 9.00. The normalized spacial score (nSPS) is 21.9. The number of Topliss-reactive ketones (excluding diaryl/α,β-unsaturated/α-hetero) is 1. The van der Waals surface area contributed by atoms with Gasteiger partial charge in [0.2, 0.25) is 0 Å². The zero-order chi connectivity index (χ0) is 13.7. The molecule has 19 heavy (non-hydrogen) atoms. The highest BCUT2D eigenvalue weighted by Gasteiger charge is 2.58. The van der Waals surface area contributed by atoms with Gasteiger partial charge in [-0.25, -0.2) is 0 Å². The average Bonchev–Trinajstić information content (AvgIpc) is 2.92. The van der Waals surface area contributed by atoms with Gasteiger partial charge in [0, 0.05) is 11.5 Å². The molecule has 3 rings (SSSR count). The smallest absolute Gasteiger partial charge is 0.185 e. The summed E-state index contributed by atoms with van der Waals surface area (Å²) < 4.78 is -0.200. The van der Waals surface area contributed by atoms with E-state index in [4.69, 9.17) is 0 Å². The summed E-state index contributed by atoms with van der Waals surface area (Å²) in [5.41, 5.74) is 1.35. The monoisotopic (exact) mass is 306 g/mol. The molecule has 0 radical (unpaired) electrons. The second-order valence-electron chi connectivity index (χ2n) is 5.63. The molecule has 4 heteroatoms. The lowest BCUT2D eigenvalue weighted by Crippen LogP contribution is -2.57. The molecule has 0 atom stereocenters. The highest BCUT2D eigenvalue weighted by atomic mass is 32.2. The van der Waals surface area contributed by atoms with Gasteiger partial charge in [0.15, 0.2) is 5.78 Å². The van der Waals surface area contributed by atoms with Crippen LogP contribution in [0.25, 0.3) is 0 Å². The van der Waals surface area contributed by atoms with Crippen LogP contribution in [0.4, 0.5) is 0 Å². The summed E-state index contributed by atoms with van der Waals surface area (Å²) in [5.74, 6) is 2.63. The Kier molecular flexibility index (Phi) is 3.23. The summed E-state index contributed by atoms with van der Waals surface area (Å²) in [7, 11) is -1.81. The third-order valence-corrected chi connectivity index (χ3v) is 11.4. The average molecular weight is 307 g/mol. The lowest BCUT2D eigenvalue weighted by atomic mass is 9.97. The summed E-state index contributed by atoms with van der Waals surface area (Å²) in [5, 5.41) is 2.53. The maximum absolute atomic E-state index is 12.8. The van der Waals surface area contributed by atoms with E-state index >= 15 is 0 Å². The molecule has 100 valence electrons. The zero-order valence-corrected chi connectivity index (χ0v) is 14.2. The molecule has 1 aliphatic heterocycles. The van der Waals surface area contributed by atoms with Crippen LogP contribution in [0.15, 0.2) is 41.1 Å². The number of allylic oxidation sites excluding steroid dienone is 1. The fourth-order valence-electron chi connectivity index (χ4n) is 3.12. The fourth-order valence-corrected chi connectivity index (χ4v) is 9.85. The van der Waals surface area contributed by atoms with Crippen LogP contribution in [0.3, 0.4) is 0 Å². The molecule has 0 aromatic heterocycles. The molecule has 0 amide bonds. The molecule has 1 aromatic rings. The Morgan fingerprint density at radius 3 is 2.21 bits per heavy atom. The van der Waals surface area contributed by atoms with Gasteiger partial charge in [0.05, 0.1) is 0 Å². The van der Waals surface area contributed by atoms with Crippen LogP contribution in [0.1, 0.15) is 6.92 Å². The molecule has 1 nitrogen and oxygen atoms in total. The van der Waals surface area contributed by atoms with Crippen molar-refractivity contribution in [3.63, 3.8) is 0 Å². The van der Waals surface area contributed by atoms with Crippen molar-refractivity contribution >= 4 is 42.6 Å². The summed E-state index contributed by atoms with van der Waals surface area (Å²) in [6, 6.07) is 10.6.